The number of allylic oxidation sites excluding steroid dienone is 2. The molecule has 2 aliphatic rings. The van der Waals surface area contributed by atoms with Crippen molar-refractivity contribution in [1.82, 2.24) is 0 Å². The Kier molecular flexibility index (Phi) is 11.5. The second-order valence-corrected chi connectivity index (χ2v) is 7.72. The van der Waals surface area contributed by atoms with Crippen LogP contribution in [0.2, 0.25) is 0 Å². The van der Waals surface area contributed by atoms with Gasteiger partial charge in [-0.25, -0.2) is 4.39 Å². The fourth-order valence-corrected chi connectivity index (χ4v) is 4.27. The molecular weight excluding hydrogens is 362 g/mol. The zero-order valence-electron chi connectivity index (χ0n) is 15.6. The van der Waals surface area contributed by atoms with Crippen molar-refractivity contribution in [3.8, 4) is 0 Å². The van der Waals surface area contributed by atoms with E-state index in [0.717, 1.165) is 25.7 Å². The summed E-state index contributed by atoms with van der Waals surface area (Å²) < 4.78 is 20.5. The first-order chi connectivity index (χ1) is 12.4. The summed E-state index contributed by atoms with van der Waals surface area (Å²) in [6.45, 7) is 2.12. The summed E-state index contributed by atoms with van der Waals surface area (Å²) in [7, 11) is 0. The maximum atomic E-state index is 14.8. The van der Waals surface area contributed by atoms with E-state index >= 15 is 0 Å². The van der Waals surface area contributed by atoms with Gasteiger partial charge in [0.15, 0.2) is 6.17 Å². The van der Waals surface area contributed by atoms with Crippen molar-refractivity contribution in [1.29, 1.82) is 0 Å². The van der Waals surface area contributed by atoms with Gasteiger partial charge in [-0.15, -0.1) is 0 Å². The Morgan fingerprint density at radius 3 is 2.74 bits per heavy atom. The Morgan fingerprint density at radius 1 is 1.33 bits per heavy atom. The number of carbonyl (C=O) groups is 1. The van der Waals surface area contributed by atoms with Crippen molar-refractivity contribution in [2.24, 2.45) is 11.8 Å². The number of unbranched alkanes of at least 4 members (excludes halogenated alkanes) is 3. The standard InChI is InChI=1S/C20H33FO5.Na.H/c1-2-3-4-7-13(22)10-11-14-15(23)12-17-19(14)20(21)16(26-17)8-5-6-9-18(24)25;;/h8,13-15,17,19-20,22-23H,2-7,9-12H2,1H3,(H,24,25);;/b16-8-;;/t13-,14-,15+,17-,19+,20-;;/m0../s1. The Hall–Kier alpha value is -0.140. The van der Waals surface area contributed by atoms with Gasteiger partial charge in [-0.1, -0.05) is 26.2 Å². The number of aliphatic hydroxyl groups excluding tert-OH is 2. The van der Waals surface area contributed by atoms with Crippen LogP contribution in [0.3, 0.4) is 0 Å². The monoisotopic (exact) mass is 396 g/mol. The number of hydrogen-bond acceptors (Lipinski definition) is 4. The van der Waals surface area contributed by atoms with Crippen LogP contribution in [-0.4, -0.2) is 75.3 Å². The molecule has 152 valence electrons. The first kappa shape index (κ1) is 24.9. The molecule has 1 aliphatic heterocycles. The second-order valence-electron chi connectivity index (χ2n) is 7.72. The zero-order chi connectivity index (χ0) is 19.1. The van der Waals surface area contributed by atoms with Crippen LogP contribution in [0, 0.1) is 11.8 Å². The summed E-state index contributed by atoms with van der Waals surface area (Å²) in [5, 5.41) is 29.0. The summed E-state index contributed by atoms with van der Waals surface area (Å²) in [5.74, 6) is -1.12. The molecule has 2 fully saturated rings. The summed E-state index contributed by atoms with van der Waals surface area (Å²) in [6, 6.07) is 0. The van der Waals surface area contributed by atoms with E-state index < -0.39 is 18.2 Å². The number of hydrogen-bond donors (Lipinski definition) is 3. The van der Waals surface area contributed by atoms with Gasteiger partial charge in [0.05, 0.1) is 12.2 Å². The van der Waals surface area contributed by atoms with Crippen LogP contribution in [0.15, 0.2) is 11.8 Å². The molecule has 1 aliphatic carbocycles. The molecule has 0 spiro atoms. The molecular formula is C20H34FNaO5. The van der Waals surface area contributed by atoms with Gasteiger partial charge in [-0.2, -0.15) is 0 Å². The van der Waals surface area contributed by atoms with E-state index in [1.165, 1.54) is 0 Å². The van der Waals surface area contributed by atoms with Crippen LogP contribution in [0.25, 0.3) is 0 Å². The third-order valence-electron chi connectivity index (χ3n) is 5.70. The summed E-state index contributed by atoms with van der Waals surface area (Å²) in [6.07, 6.45) is 5.70. The molecule has 0 aromatic heterocycles. The predicted octanol–water partition coefficient (Wildman–Crippen LogP) is 2.93. The van der Waals surface area contributed by atoms with Gasteiger partial charge < -0.3 is 20.1 Å². The topological polar surface area (TPSA) is 87.0 Å². The van der Waals surface area contributed by atoms with Gasteiger partial charge in [0.25, 0.3) is 0 Å². The molecule has 0 radical (unpaired) electrons. The Labute approximate surface area is 183 Å². The van der Waals surface area contributed by atoms with Gasteiger partial charge >= 0.3 is 35.5 Å². The van der Waals surface area contributed by atoms with E-state index in [0.29, 0.717) is 37.9 Å². The molecule has 1 saturated heterocycles. The zero-order valence-corrected chi connectivity index (χ0v) is 15.6. The number of alkyl halides is 1. The Balaban J connectivity index is 0.00000364. The number of halogens is 1. The summed E-state index contributed by atoms with van der Waals surface area (Å²) in [4.78, 5) is 10.5. The van der Waals surface area contributed by atoms with Crippen molar-refractivity contribution in [3.05, 3.63) is 11.8 Å². The molecule has 27 heavy (non-hydrogen) atoms. The molecule has 1 saturated carbocycles. The molecule has 0 amide bonds. The summed E-state index contributed by atoms with van der Waals surface area (Å²) >= 11 is 0. The van der Waals surface area contributed by atoms with Crippen LogP contribution < -0.4 is 0 Å². The van der Waals surface area contributed by atoms with Crippen LogP contribution in [0.4, 0.5) is 4.39 Å². The van der Waals surface area contributed by atoms with Crippen LogP contribution in [0.5, 0.6) is 0 Å². The SMILES string of the molecule is CCCCC[C@H](O)CC[C@@H]1[C@@H]2[C@H](C[C@H]1O)O/C(=C\CCCC(=O)O)[C@@H]2F.[NaH]. The Bertz CT molecular complexity index is 487. The van der Waals surface area contributed by atoms with Crippen LogP contribution in [0.1, 0.15) is 71.1 Å². The van der Waals surface area contributed by atoms with Crippen molar-refractivity contribution in [2.75, 3.05) is 0 Å². The molecule has 0 aromatic rings. The normalized spacial score (nSPS) is 32.0. The molecule has 3 N–H and O–H groups in total. The van der Waals surface area contributed by atoms with Crippen LogP contribution in [-0.2, 0) is 9.53 Å². The molecule has 0 bridgehead atoms. The third-order valence-corrected chi connectivity index (χ3v) is 5.70. The molecule has 1 heterocycles. The van der Waals surface area contributed by atoms with Crippen molar-refractivity contribution in [2.45, 2.75) is 95.6 Å². The second kappa shape index (κ2) is 12.4. The summed E-state index contributed by atoms with van der Waals surface area (Å²) in [5.41, 5.74) is 0. The molecule has 7 heteroatoms. The van der Waals surface area contributed by atoms with Crippen molar-refractivity contribution in [3.63, 3.8) is 0 Å². The number of aliphatic hydroxyl groups is 2. The van der Waals surface area contributed by atoms with E-state index in [9.17, 15) is 19.4 Å². The first-order valence-corrected chi connectivity index (χ1v) is 10.0. The van der Waals surface area contributed by atoms with E-state index in [4.69, 9.17) is 9.84 Å². The number of carboxylic acid groups (broad SMARTS) is 1. The average Bonchev–Trinajstić information content (AvgIpc) is 3.05. The Morgan fingerprint density at radius 2 is 2.07 bits per heavy atom. The number of rotatable bonds is 11. The first-order valence-electron chi connectivity index (χ1n) is 10.0. The average molecular weight is 396 g/mol. The minimum absolute atomic E-state index is 0. The number of ether oxygens (including phenoxy) is 1. The maximum absolute atomic E-state index is 14.8. The molecule has 6 atom stereocenters. The molecule has 0 unspecified atom stereocenters. The van der Waals surface area contributed by atoms with Crippen molar-refractivity contribution < 1.29 is 29.2 Å². The van der Waals surface area contributed by atoms with Gasteiger partial charge in [0.1, 0.15) is 11.9 Å². The number of fused-ring (bicyclic) bond motifs is 1. The fraction of sp³-hybridized carbons (Fsp3) is 0.850. The number of carboxylic acids is 1. The van der Waals surface area contributed by atoms with Gasteiger partial charge in [0.2, 0.25) is 0 Å². The van der Waals surface area contributed by atoms with Gasteiger partial charge in [-0.05, 0) is 44.1 Å². The molecule has 0 aromatic carbocycles. The quantitative estimate of drug-likeness (QED) is 0.369. The predicted molar refractivity (Wildman–Crippen MR) is 103 cm³/mol. The molecule has 2 rings (SSSR count). The third kappa shape index (κ3) is 7.32. The minimum atomic E-state index is -1.25. The van der Waals surface area contributed by atoms with E-state index in [-0.39, 0.29) is 60.0 Å². The molecule has 5 nitrogen and oxygen atoms in total. The van der Waals surface area contributed by atoms with E-state index in [1.54, 1.807) is 6.08 Å². The van der Waals surface area contributed by atoms with Crippen molar-refractivity contribution >= 4 is 35.5 Å². The van der Waals surface area contributed by atoms with Crippen LogP contribution >= 0.6 is 0 Å². The van der Waals surface area contributed by atoms with Gasteiger partial charge in [0, 0.05) is 18.8 Å². The van der Waals surface area contributed by atoms with E-state index in [2.05, 4.69) is 6.92 Å². The van der Waals surface area contributed by atoms with Gasteiger partial charge in [-0.3, -0.25) is 4.79 Å². The number of aliphatic carboxylic acids is 1. The van der Waals surface area contributed by atoms with E-state index in [1.807, 2.05) is 0 Å². The fourth-order valence-electron chi connectivity index (χ4n) is 4.27.